The molecule has 36 heavy (non-hydrogen) atoms. The van der Waals surface area contributed by atoms with E-state index in [1.807, 2.05) is 26.8 Å². The topological polar surface area (TPSA) is 129 Å². The maximum absolute atomic E-state index is 13.4. The third-order valence-corrected chi connectivity index (χ3v) is 6.52. The zero-order valence-electron chi connectivity index (χ0n) is 20.5. The molecular weight excluding hydrogens is 478 g/mol. The fourth-order valence-corrected chi connectivity index (χ4v) is 4.45. The first-order chi connectivity index (χ1) is 17.2. The van der Waals surface area contributed by atoms with E-state index in [9.17, 15) is 13.8 Å². The normalized spacial score (nSPS) is 11.4. The third kappa shape index (κ3) is 5.03. The third-order valence-electron chi connectivity index (χ3n) is 5.81. The second-order valence-corrected chi connectivity index (χ2v) is 9.71. The van der Waals surface area contributed by atoms with Crippen molar-refractivity contribution in [3.8, 4) is 16.9 Å². The molecule has 9 nitrogen and oxygen atoms in total. The van der Waals surface area contributed by atoms with Crippen molar-refractivity contribution in [2.24, 2.45) is 0 Å². The summed E-state index contributed by atoms with van der Waals surface area (Å²) >= 11 is 0. The Kier molecular flexibility index (Phi) is 7.25. The first kappa shape index (κ1) is 25.2. The number of benzene rings is 1. The molecule has 3 aromatic heterocycles. The van der Waals surface area contributed by atoms with Crippen molar-refractivity contribution < 1.29 is 13.7 Å². The van der Waals surface area contributed by atoms with Crippen molar-refractivity contribution in [2.75, 3.05) is 6.61 Å². The number of hydrogen-bond donors (Lipinski definition) is 3. The Morgan fingerprint density at radius 2 is 1.92 bits per heavy atom. The quantitative estimate of drug-likeness (QED) is 0.302. The van der Waals surface area contributed by atoms with E-state index in [0.717, 1.165) is 22.3 Å². The molecule has 0 atom stereocenters. The second kappa shape index (κ2) is 10.4. The molecule has 0 aliphatic heterocycles. The molecule has 3 N–H and O–H groups in total. The number of fused-ring (bicyclic) bond motifs is 1. The standard InChI is InChI=1S/C26H28N5O4S/c1-5-35-23-10-16(4)30-25(32)20(23)13-28-26(33)22-12-18(17-6-8-19(9-7-17)36(27)34)11-21-24(15(2)3)29-14-31(21)22/h6-12,14-15,27H,5,13H2,1-4H3,(H,28,33)(H,30,32)/q-1. The van der Waals surface area contributed by atoms with Crippen LogP contribution in [0.4, 0.5) is 0 Å². The molecule has 0 unspecified atom stereocenters. The number of pyridine rings is 2. The van der Waals surface area contributed by atoms with Gasteiger partial charge in [0, 0.05) is 5.69 Å². The molecule has 0 aliphatic carbocycles. The molecule has 0 saturated carbocycles. The molecule has 0 saturated heterocycles. The van der Waals surface area contributed by atoms with E-state index < -0.39 is 10.6 Å². The highest BCUT2D eigenvalue weighted by Crippen LogP contribution is 2.28. The molecule has 0 radical (unpaired) electrons. The van der Waals surface area contributed by atoms with E-state index in [-0.39, 0.29) is 23.9 Å². The van der Waals surface area contributed by atoms with Gasteiger partial charge in [0.25, 0.3) is 11.5 Å². The number of amides is 1. The van der Waals surface area contributed by atoms with Gasteiger partial charge in [0.1, 0.15) is 17.8 Å². The Morgan fingerprint density at radius 1 is 1.19 bits per heavy atom. The molecule has 0 aliphatic rings. The Hall–Kier alpha value is -3.92. The number of carbonyl (C=O) groups excluding carboxylic acids is 1. The molecule has 0 bridgehead atoms. The number of nitrogens with zero attached hydrogens (tertiary/aromatic N) is 2. The minimum atomic E-state index is -1.83. The Morgan fingerprint density at radius 3 is 2.56 bits per heavy atom. The zero-order chi connectivity index (χ0) is 26.0. The predicted octanol–water partition coefficient (Wildman–Crippen LogP) is 4.54. The molecule has 4 aromatic rings. The maximum atomic E-state index is 13.4. The van der Waals surface area contributed by atoms with Crippen LogP contribution in [0.5, 0.6) is 5.75 Å². The fourth-order valence-electron chi connectivity index (χ4n) is 4.07. The summed E-state index contributed by atoms with van der Waals surface area (Å²) in [5.41, 5.74) is 4.30. The lowest BCUT2D eigenvalue weighted by Gasteiger charge is -2.14. The summed E-state index contributed by atoms with van der Waals surface area (Å²) in [6.07, 6.45) is 1.63. The fraction of sp³-hybridized carbons (Fsp3) is 0.269. The van der Waals surface area contributed by atoms with Gasteiger partial charge in [-0.3, -0.25) is 14.0 Å². The molecule has 10 heteroatoms. The number of carbonyl (C=O) groups is 1. The summed E-state index contributed by atoms with van der Waals surface area (Å²) in [4.78, 5) is 33.6. The molecule has 188 valence electrons. The molecular formula is C26H28N5O4S-. The Balaban J connectivity index is 1.75. The van der Waals surface area contributed by atoms with Gasteiger partial charge in [-0.25, -0.2) is 4.98 Å². The van der Waals surface area contributed by atoms with Crippen LogP contribution >= 0.6 is 0 Å². The van der Waals surface area contributed by atoms with E-state index in [1.54, 1.807) is 54.0 Å². The van der Waals surface area contributed by atoms with E-state index >= 15 is 0 Å². The number of H-pyrrole nitrogens is 1. The van der Waals surface area contributed by atoms with Crippen LogP contribution in [0.15, 0.2) is 58.5 Å². The van der Waals surface area contributed by atoms with Crippen LogP contribution in [0, 0.1) is 11.7 Å². The van der Waals surface area contributed by atoms with Crippen LogP contribution in [0.2, 0.25) is 0 Å². The van der Waals surface area contributed by atoms with Crippen molar-refractivity contribution in [3.05, 3.63) is 81.8 Å². The van der Waals surface area contributed by atoms with Crippen molar-refractivity contribution in [1.29, 1.82) is 4.78 Å². The average molecular weight is 507 g/mol. The van der Waals surface area contributed by atoms with Crippen LogP contribution in [-0.2, 0) is 21.3 Å². The number of ether oxygens (including phenoxy) is 1. The van der Waals surface area contributed by atoms with Gasteiger partial charge in [0.2, 0.25) is 0 Å². The largest absolute Gasteiger partial charge is 0.493 e. The number of rotatable bonds is 8. The second-order valence-electron chi connectivity index (χ2n) is 8.70. The number of aromatic amines is 1. The van der Waals surface area contributed by atoms with Crippen LogP contribution in [0.3, 0.4) is 0 Å². The van der Waals surface area contributed by atoms with Gasteiger partial charge in [0.05, 0.1) is 29.9 Å². The van der Waals surface area contributed by atoms with E-state index in [1.165, 1.54) is 0 Å². The maximum Gasteiger partial charge on any atom is 0.268 e. The van der Waals surface area contributed by atoms with Crippen molar-refractivity contribution >= 4 is 22.0 Å². The van der Waals surface area contributed by atoms with Gasteiger partial charge in [0.15, 0.2) is 0 Å². The summed E-state index contributed by atoms with van der Waals surface area (Å²) in [6.45, 7) is 8.06. The summed E-state index contributed by atoms with van der Waals surface area (Å²) in [7, 11) is -1.83. The van der Waals surface area contributed by atoms with E-state index in [2.05, 4.69) is 15.3 Å². The number of hydrogen-bond acceptors (Lipinski definition) is 7. The summed E-state index contributed by atoms with van der Waals surface area (Å²) in [5, 5.41) is 2.86. The highest BCUT2D eigenvalue weighted by Gasteiger charge is 2.19. The molecule has 0 fully saturated rings. The van der Waals surface area contributed by atoms with Crippen LogP contribution in [-0.4, -0.2) is 26.9 Å². The minimum Gasteiger partial charge on any atom is -0.493 e. The van der Waals surface area contributed by atoms with Gasteiger partial charge in [-0.05, 0) is 49.1 Å². The SMILES string of the molecule is CCOc1cc(C)[nH]c(=O)c1CNC(=O)c1cc(-c2ccc([S-](=N)=O)cc2)cc2c(C(C)C)ncn12. The Bertz CT molecular complexity index is 1560. The minimum absolute atomic E-state index is 0.00868. The summed E-state index contributed by atoms with van der Waals surface area (Å²) in [5.74, 6) is 0.199. The smallest absolute Gasteiger partial charge is 0.268 e. The first-order valence-electron chi connectivity index (χ1n) is 11.6. The van der Waals surface area contributed by atoms with E-state index in [0.29, 0.717) is 34.2 Å². The van der Waals surface area contributed by atoms with Gasteiger partial charge in [-0.1, -0.05) is 38.1 Å². The molecule has 0 spiro atoms. The molecule has 3 heterocycles. The van der Waals surface area contributed by atoms with Crippen LogP contribution in [0.1, 0.15) is 54.1 Å². The van der Waals surface area contributed by atoms with Gasteiger partial charge < -0.3 is 24.0 Å². The first-order valence-corrected chi connectivity index (χ1v) is 12.7. The zero-order valence-corrected chi connectivity index (χ0v) is 21.4. The monoisotopic (exact) mass is 506 g/mol. The van der Waals surface area contributed by atoms with Crippen LogP contribution in [0.25, 0.3) is 16.6 Å². The van der Waals surface area contributed by atoms with Gasteiger partial charge in [-0.15, -0.1) is 4.90 Å². The van der Waals surface area contributed by atoms with Crippen molar-refractivity contribution in [3.63, 3.8) is 0 Å². The summed E-state index contributed by atoms with van der Waals surface area (Å²) in [6, 6.07) is 12.3. The molecule has 1 amide bonds. The van der Waals surface area contributed by atoms with E-state index in [4.69, 9.17) is 9.52 Å². The number of aromatic nitrogens is 3. The Labute approximate surface area is 210 Å². The predicted molar refractivity (Wildman–Crippen MR) is 138 cm³/mol. The lowest BCUT2D eigenvalue weighted by molar-refractivity contribution is 0.0944. The lowest BCUT2D eigenvalue weighted by Crippen LogP contribution is -2.29. The van der Waals surface area contributed by atoms with Gasteiger partial charge in [-0.2, -0.15) is 10.6 Å². The average Bonchev–Trinajstić information content (AvgIpc) is 3.27. The lowest BCUT2D eigenvalue weighted by atomic mass is 10.0. The van der Waals surface area contributed by atoms with Crippen molar-refractivity contribution in [2.45, 2.75) is 45.1 Å². The highest BCUT2D eigenvalue weighted by molar-refractivity contribution is 7.73. The number of nitrogens with one attached hydrogen (secondary N) is 3. The molecule has 4 rings (SSSR count). The molecule has 1 aromatic carbocycles. The highest BCUT2D eigenvalue weighted by atomic mass is 32.2. The van der Waals surface area contributed by atoms with Crippen molar-refractivity contribution in [1.82, 2.24) is 19.7 Å². The number of aryl methyl sites for hydroxylation is 1. The van der Waals surface area contributed by atoms with Gasteiger partial charge >= 0.3 is 0 Å². The number of imidazole rings is 1. The summed E-state index contributed by atoms with van der Waals surface area (Å²) < 4.78 is 26.2. The van der Waals surface area contributed by atoms with Crippen LogP contribution < -0.4 is 15.6 Å².